The molecule has 0 aromatic heterocycles. The Labute approximate surface area is 188 Å². The van der Waals surface area contributed by atoms with Crippen LogP contribution >= 0.6 is 15.9 Å². The van der Waals surface area contributed by atoms with Crippen molar-refractivity contribution >= 4 is 33.4 Å². The second-order valence-electron chi connectivity index (χ2n) is 7.09. The number of anilines is 1. The normalized spacial score (nSPS) is 15.5. The van der Waals surface area contributed by atoms with Crippen LogP contribution in [0.15, 0.2) is 71.2 Å². The third-order valence-corrected chi connectivity index (χ3v) is 5.72. The van der Waals surface area contributed by atoms with Crippen molar-refractivity contribution in [3.63, 3.8) is 0 Å². The number of hydrogen-bond acceptors (Lipinski definition) is 4. The Hall–Kier alpha value is -3.32. The largest absolute Gasteiger partial charge is 0.497 e. The zero-order valence-electron chi connectivity index (χ0n) is 17.1. The summed E-state index contributed by atoms with van der Waals surface area (Å²) in [6.45, 7) is -0.0973. The van der Waals surface area contributed by atoms with Crippen LogP contribution in [-0.2, 0) is 4.79 Å². The molecule has 0 saturated carbocycles. The lowest BCUT2D eigenvalue weighted by atomic mass is 9.95. The Morgan fingerprint density at radius 3 is 2.52 bits per heavy atom. The van der Waals surface area contributed by atoms with Gasteiger partial charge in [0.1, 0.15) is 18.0 Å². The van der Waals surface area contributed by atoms with Crippen LogP contribution in [0.25, 0.3) is 0 Å². The molecule has 0 saturated heterocycles. The fraction of sp³-hybridized carbons (Fsp3) is 0.167. The molecule has 2 amide bonds. The maximum absolute atomic E-state index is 13.8. The molecule has 6 nitrogen and oxygen atoms in total. The Bertz CT molecular complexity index is 1130. The molecule has 1 N–H and O–H groups in total. The van der Waals surface area contributed by atoms with E-state index in [-0.39, 0.29) is 18.4 Å². The molecule has 3 aromatic rings. The van der Waals surface area contributed by atoms with E-state index in [4.69, 9.17) is 9.47 Å². The van der Waals surface area contributed by atoms with E-state index >= 15 is 0 Å². The SMILES string of the molecule is COc1ccc(C(=O)N2CC(=O)Nc3ccc(Br)cc3[C@@H]2c2ccccc2)c(OC)c1. The van der Waals surface area contributed by atoms with Crippen LogP contribution in [0.4, 0.5) is 5.69 Å². The van der Waals surface area contributed by atoms with Gasteiger partial charge in [-0.3, -0.25) is 9.59 Å². The highest BCUT2D eigenvalue weighted by Crippen LogP contribution is 2.39. The van der Waals surface area contributed by atoms with Gasteiger partial charge in [-0.05, 0) is 35.9 Å². The molecule has 3 aromatic carbocycles. The summed E-state index contributed by atoms with van der Waals surface area (Å²) in [5, 5.41) is 2.93. The van der Waals surface area contributed by atoms with Crippen LogP contribution in [0.1, 0.15) is 27.5 Å². The van der Waals surface area contributed by atoms with Crippen molar-refractivity contribution in [2.45, 2.75) is 6.04 Å². The fourth-order valence-corrected chi connectivity index (χ4v) is 4.17. The van der Waals surface area contributed by atoms with Crippen LogP contribution in [0.3, 0.4) is 0 Å². The minimum atomic E-state index is -0.466. The maximum Gasteiger partial charge on any atom is 0.258 e. The summed E-state index contributed by atoms with van der Waals surface area (Å²) in [6.07, 6.45) is 0. The number of halogens is 1. The number of amides is 2. The van der Waals surface area contributed by atoms with Crippen molar-refractivity contribution in [2.75, 3.05) is 26.1 Å². The molecular formula is C24H21BrN2O4. The summed E-state index contributed by atoms with van der Waals surface area (Å²) < 4.78 is 11.6. The number of ether oxygens (including phenoxy) is 2. The van der Waals surface area contributed by atoms with Crippen LogP contribution in [0.5, 0.6) is 11.5 Å². The number of carbonyl (C=O) groups is 2. The van der Waals surface area contributed by atoms with E-state index in [2.05, 4.69) is 21.2 Å². The Morgan fingerprint density at radius 2 is 1.81 bits per heavy atom. The Morgan fingerprint density at radius 1 is 1.03 bits per heavy atom. The average molecular weight is 481 g/mol. The van der Waals surface area contributed by atoms with Gasteiger partial charge >= 0.3 is 0 Å². The standard InChI is InChI=1S/C24H21BrN2O4/c1-30-17-9-10-18(21(13-17)31-2)24(29)27-14-22(28)26-20-11-8-16(25)12-19(20)23(27)15-6-4-3-5-7-15/h3-13,23H,14H2,1-2H3,(H,26,28)/t23-/m0/s1. The fourth-order valence-electron chi connectivity index (χ4n) is 3.79. The highest BCUT2D eigenvalue weighted by Gasteiger charge is 2.35. The van der Waals surface area contributed by atoms with Crippen molar-refractivity contribution in [3.8, 4) is 11.5 Å². The van der Waals surface area contributed by atoms with E-state index in [9.17, 15) is 9.59 Å². The van der Waals surface area contributed by atoms with Crippen LogP contribution < -0.4 is 14.8 Å². The molecule has 0 bridgehead atoms. The zero-order valence-corrected chi connectivity index (χ0v) is 18.7. The van der Waals surface area contributed by atoms with E-state index in [0.29, 0.717) is 22.7 Å². The van der Waals surface area contributed by atoms with E-state index in [1.54, 1.807) is 30.2 Å². The van der Waals surface area contributed by atoms with Gasteiger partial charge in [-0.25, -0.2) is 0 Å². The average Bonchev–Trinajstić information content (AvgIpc) is 2.94. The number of hydrogen-bond donors (Lipinski definition) is 1. The molecule has 31 heavy (non-hydrogen) atoms. The number of nitrogens with zero attached hydrogens (tertiary/aromatic N) is 1. The Kier molecular flexibility index (Phi) is 5.95. The maximum atomic E-state index is 13.8. The van der Waals surface area contributed by atoms with Gasteiger partial charge in [0, 0.05) is 21.8 Å². The first-order valence-electron chi connectivity index (χ1n) is 9.69. The smallest absolute Gasteiger partial charge is 0.258 e. The van der Waals surface area contributed by atoms with Crippen LogP contribution in [0, 0.1) is 0 Å². The molecule has 0 unspecified atom stereocenters. The molecule has 0 fully saturated rings. The zero-order chi connectivity index (χ0) is 22.0. The third-order valence-electron chi connectivity index (χ3n) is 5.22. The lowest BCUT2D eigenvalue weighted by Crippen LogP contribution is -2.39. The molecule has 1 aliphatic heterocycles. The minimum Gasteiger partial charge on any atom is -0.497 e. The van der Waals surface area contributed by atoms with Gasteiger partial charge in [0.05, 0.1) is 25.8 Å². The van der Waals surface area contributed by atoms with E-state index in [1.165, 1.54) is 7.11 Å². The number of rotatable bonds is 4. The first kappa shape index (κ1) is 20.9. The highest BCUT2D eigenvalue weighted by molar-refractivity contribution is 9.10. The summed E-state index contributed by atoms with van der Waals surface area (Å²) in [5.41, 5.74) is 2.76. The van der Waals surface area contributed by atoms with Gasteiger partial charge in [-0.15, -0.1) is 0 Å². The van der Waals surface area contributed by atoms with Gasteiger partial charge in [0.15, 0.2) is 0 Å². The molecule has 0 radical (unpaired) electrons. The second-order valence-corrected chi connectivity index (χ2v) is 8.01. The van der Waals surface area contributed by atoms with Crippen molar-refractivity contribution in [3.05, 3.63) is 87.9 Å². The quantitative estimate of drug-likeness (QED) is 0.589. The predicted octanol–water partition coefficient (Wildman–Crippen LogP) is 4.65. The topological polar surface area (TPSA) is 67.9 Å². The van der Waals surface area contributed by atoms with Gasteiger partial charge < -0.3 is 19.7 Å². The number of fused-ring (bicyclic) bond motifs is 1. The first-order valence-corrected chi connectivity index (χ1v) is 10.5. The number of methoxy groups -OCH3 is 2. The summed E-state index contributed by atoms with van der Waals surface area (Å²) in [6, 6.07) is 19.9. The molecular weight excluding hydrogens is 460 g/mol. The van der Waals surface area contributed by atoms with Gasteiger partial charge in [0.2, 0.25) is 5.91 Å². The van der Waals surface area contributed by atoms with Crippen LogP contribution in [0.2, 0.25) is 0 Å². The third kappa shape index (κ3) is 4.14. The Balaban J connectivity index is 1.88. The lowest BCUT2D eigenvalue weighted by molar-refractivity contribution is -0.117. The molecule has 1 aliphatic rings. The van der Waals surface area contributed by atoms with Crippen molar-refractivity contribution in [1.82, 2.24) is 4.90 Å². The summed E-state index contributed by atoms with van der Waals surface area (Å²) >= 11 is 3.52. The van der Waals surface area contributed by atoms with E-state index < -0.39 is 6.04 Å². The lowest BCUT2D eigenvalue weighted by Gasteiger charge is -2.31. The first-order chi connectivity index (χ1) is 15.0. The molecule has 4 rings (SSSR count). The van der Waals surface area contributed by atoms with E-state index in [0.717, 1.165) is 15.6 Å². The summed E-state index contributed by atoms with van der Waals surface area (Å²) in [7, 11) is 3.05. The number of carbonyl (C=O) groups excluding carboxylic acids is 2. The highest BCUT2D eigenvalue weighted by atomic mass is 79.9. The molecule has 0 spiro atoms. The number of benzene rings is 3. The predicted molar refractivity (Wildman–Crippen MR) is 122 cm³/mol. The summed E-state index contributed by atoms with van der Waals surface area (Å²) in [5.74, 6) is 0.394. The summed E-state index contributed by atoms with van der Waals surface area (Å²) in [4.78, 5) is 28.1. The van der Waals surface area contributed by atoms with Crippen LogP contribution in [-0.4, -0.2) is 37.5 Å². The minimum absolute atomic E-state index is 0.0973. The molecule has 1 atom stereocenters. The van der Waals surface area contributed by atoms with Crippen molar-refractivity contribution in [1.29, 1.82) is 0 Å². The molecule has 7 heteroatoms. The monoisotopic (exact) mass is 480 g/mol. The van der Waals surface area contributed by atoms with Gasteiger partial charge in [0.25, 0.3) is 5.91 Å². The van der Waals surface area contributed by atoms with Gasteiger partial charge in [-0.1, -0.05) is 46.3 Å². The number of nitrogens with one attached hydrogen (secondary N) is 1. The van der Waals surface area contributed by atoms with Gasteiger partial charge in [-0.2, -0.15) is 0 Å². The molecule has 0 aliphatic carbocycles. The molecule has 158 valence electrons. The molecule has 1 heterocycles. The van der Waals surface area contributed by atoms with Crippen molar-refractivity contribution < 1.29 is 19.1 Å². The second kappa shape index (κ2) is 8.81. The van der Waals surface area contributed by atoms with E-state index in [1.807, 2.05) is 48.5 Å². The van der Waals surface area contributed by atoms with Crippen molar-refractivity contribution in [2.24, 2.45) is 0 Å².